The lowest BCUT2D eigenvalue weighted by molar-refractivity contribution is 0.0952. The summed E-state index contributed by atoms with van der Waals surface area (Å²) in [5.41, 5.74) is 3.20. The van der Waals surface area contributed by atoms with E-state index in [-0.39, 0.29) is 16.7 Å². The number of fused-ring (bicyclic) bond motifs is 2. The number of hydrogen-bond acceptors (Lipinski definition) is 5. The number of pyridine rings is 1. The lowest BCUT2D eigenvalue weighted by atomic mass is 10.1. The number of aromatic nitrogens is 1. The van der Waals surface area contributed by atoms with E-state index in [2.05, 4.69) is 15.5 Å². The second-order valence-electron chi connectivity index (χ2n) is 5.60. The Morgan fingerprint density at radius 2 is 1.81 bits per heavy atom. The summed E-state index contributed by atoms with van der Waals surface area (Å²) in [6.45, 7) is 0. The van der Waals surface area contributed by atoms with E-state index < -0.39 is 5.91 Å². The number of para-hydroxylation sites is 1. The zero-order valence-corrected chi connectivity index (χ0v) is 13.5. The standard InChI is InChI=1S/C20H13N3O3/c24-19-14(12-26-17-8-4-3-7-16(17)19)11-22-23-20(25)18-15-6-2-1-5-13(15)9-10-21-18/h1-12H,(H,23,25). The number of carbonyl (C=O) groups excluding carboxylic acids is 1. The van der Waals surface area contributed by atoms with E-state index in [1.54, 1.807) is 30.5 Å². The second kappa shape index (κ2) is 6.60. The van der Waals surface area contributed by atoms with Gasteiger partial charge in [0.25, 0.3) is 5.91 Å². The van der Waals surface area contributed by atoms with Crippen LogP contribution in [0.25, 0.3) is 21.7 Å². The number of benzene rings is 2. The summed E-state index contributed by atoms with van der Waals surface area (Å²) in [6, 6.07) is 16.2. The molecule has 2 aromatic heterocycles. The summed E-state index contributed by atoms with van der Waals surface area (Å²) in [5, 5.41) is 5.96. The third-order valence-corrected chi connectivity index (χ3v) is 3.97. The molecule has 4 rings (SSSR count). The van der Waals surface area contributed by atoms with Crippen molar-refractivity contribution < 1.29 is 9.21 Å². The number of nitrogens with zero attached hydrogens (tertiary/aromatic N) is 2. The first kappa shape index (κ1) is 15.7. The van der Waals surface area contributed by atoms with Crippen molar-refractivity contribution in [1.29, 1.82) is 0 Å². The van der Waals surface area contributed by atoms with E-state index in [4.69, 9.17) is 4.42 Å². The Kier molecular flexibility index (Phi) is 3.99. The number of amides is 1. The highest BCUT2D eigenvalue weighted by Crippen LogP contribution is 2.16. The van der Waals surface area contributed by atoms with Crippen LogP contribution in [-0.2, 0) is 0 Å². The van der Waals surface area contributed by atoms with Crippen LogP contribution in [0.2, 0.25) is 0 Å². The molecule has 2 aromatic carbocycles. The summed E-state index contributed by atoms with van der Waals surface area (Å²) >= 11 is 0. The summed E-state index contributed by atoms with van der Waals surface area (Å²) < 4.78 is 5.41. The van der Waals surface area contributed by atoms with E-state index in [0.29, 0.717) is 11.0 Å². The molecule has 0 unspecified atom stereocenters. The molecule has 6 nitrogen and oxygen atoms in total. The van der Waals surface area contributed by atoms with Gasteiger partial charge in [0.2, 0.25) is 5.43 Å². The van der Waals surface area contributed by atoms with E-state index in [0.717, 1.165) is 10.8 Å². The Bertz CT molecular complexity index is 1210. The molecule has 0 fully saturated rings. The van der Waals surface area contributed by atoms with Crippen LogP contribution in [0.4, 0.5) is 0 Å². The van der Waals surface area contributed by atoms with Crippen molar-refractivity contribution in [2.45, 2.75) is 0 Å². The Hall–Kier alpha value is -3.80. The Balaban J connectivity index is 1.60. The highest BCUT2D eigenvalue weighted by atomic mass is 16.3. The summed E-state index contributed by atoms with van der Waals surface area (Å²) in [6.07, 6.45) is 4.15. The zero-order chi connectivity index (χ0) is 17.9. The van der Waals surface area contributed by atoms with Gasteiger partial charge in [0.15, 0.2) is 0 Å². The van der Waals surface area contributed by atoms with Gasteiger partial charge >= 0.3 is 0 Å². The SMILES string of the molecule is O=C(NN=Cc1coc2ccccc2c1=O)c1nccc2ccccc12. The normalized spacial score (nSPS) is 11.2. The Morgan fingerprint density at radius 3 is 2.69 bits per heavy atom. The van der Waals surface area contributed by atoms with Crippen molar-refractivity contribution in [2.75, 3.05) is 0 Å². The molecule has 0 spiro atoms. The molecule has 4 aromatic rings. The number of rotatable bonds is 3. The van der Waals surface area contributed by atoms with E-state index >= 15 is 0 Å². The average Bonchev–Trinajstić information content (AvgIpc) is 2.69. The third-order valence-electron chi connectivity index (χ3n) is 3.97. The van der Waals surface area contributed by atoms with Gasteiger partial charge < -0.3 is 4.42 Å². The Morgan fingerprint density at radius 1 is 1.04 bits per heavy atom. The largest absolute Gasteiger partial charge is 0.463 e. The molecule has 6 heteroatoms. The molecule has 0 bridgehead atoms. The maximum atomic E-state index is 12.4. The fraction of sp³-hybridized carbons (Fsp3) is 0. The lowest BCUT2D eigenvalue weighted by Gasteiger charge is -2.03. The van der Waals surface area contributed by atoms with Crippen LogP contribution in [0, 0.1) is 0 Å². The molecule has 0 saturated carbocycles. The minimum absolute atomic E-state index is 0.215. The highest BCUT2D eigenvalue weighted by molar-refractivity contribution is 6.05. The van der Waals surface area contributed by atoms with Crippen molar-refractivity contribution in [3.05, 3.63) is 88.5 Å². The quantitative estimate of drug-likeness (QED) is 0.457. The first-order valence-electron chi connectivity index (χ1n) is 7.92. The van der Waals surface area contributed by atoms with Gasteiger partial charge in [-0.3, -0.25) is 14.6 Å². The van der Waals surface area contributed by atoms with Crippen LogP contribution in [0.3, 0.4) is 0 Å². The number of hydrogen-bond donors (Lipinski definition) is 1. The summed E-state index contributed by atoms with van der Waals surface area (Å²) in [7, 11) is 0. The molecule has 0 radical (unpaired) electrons. The molecule has 0 saturated heterocycles. The first-order chi connectivity index (χ1) is 12.7. The van der Waals surface area contributed by atoms with Gasteiger partial charge in [0, 0.05) is 11.6 Å². The predicted molar refractivity (Wildman–Crippen MR) is 99.3 cm³/mol. The predicted octanol–water partition coefficient (Wildman–Crippen LogP) is 3.11. The average molecular weight is 343 g/mol. The maximum Gasteiger partial charge on any atom is 0.290 e. The molecule has 0 atom stereocenters. The molecule has 0 aliphatic heterocycles. The number of hydrazone groups is 1. The minimum atomic E-state index is -0.455. The van der Waals surface area contributed by atoms with Crippen LogP contribution in [0.5, 0.6) is 0 Å². The fourth-order valence-electron chi connectivity index (χ4n) is 2.70. The first-order valence-corrected chi connectivity index (χ1v) is 7.92. The summed E-state index contributed by atoms with van der Waals surface area (Å²) in [5.74, 6) is -0.455. The van der Waals surface area contributed by atoms with Gasteiger partial charge in [-0.15, -0.1) is 0 Å². The molecule has 2 heterocycles. The molecular formula is C20H13N3O3. The van der Waals surface area contributed by atoms with E-state index in [1.165, 1.54) is 12.5 Å². The molecule has 26 heavy (non-hydrogen) atoms. The lowest BCUT2D eigenvalue weighted by Crippen LogP contribution is -2.20. The Labute approximate surface area is 147 Å². The molecule has 0 aliphatic rings. The molecule has 1 N–H and O–H groups in total. The molecule has 126 valence electrons. The van der Waals surface area contributed by atoms with Gasteiger partial charge in [-0.05, 0) is 23.6 Å². The van der Waals surface area contributed by atoms with Crippen molar-refractivity contribution in [3.63, 3.8) is 0 Å². The van der Waals surface area contributed by atoms with Gasteiger partial charge in [0.1, 0.15) is 17.5 Å². The highest BCUT2D eigenvalue weighted by Gasteiger charge is 2.10. The fourth-order valence-corrected chi connectivity index (χ4v) is 2.70. The van der Waals surface area contributed by atoms with Crippen molar-refractivity contribution in [1.82, 2.24) is 10.4 Å². The molecule has 0 aliphatic carbocycles. The van der Waals surface area contributed by atoms with Gasteiger partial charge in [-0.1, -0.05) is 36.4 Å². The minimum Gasteiger partial charge on any atom is -0.463 e. The van der Waals surface area contributed by atoms with Crippen LogP contribution in [0.15, 0.2) is 81.4 Å². The van der Waals surface area contributed by atoms with Crippen molar-refractivity contribution in [3.8, 4) is 0 Å². The topological polar surface area (TPSA) is 84.6 Å². The third kappa shape index (κ3) is 2.84. The number of carbonyl (C=O) groups is 1. The summed E-state index contributed by atoms with van der Waals surface area (Å²) in [4.78, 5) is 28.9. The molecule has 1 amide bonds. The van der Waals surface area contributed by atoms with Gasteiger partial charge in [-0.2, -0.15) is 5.10 Å². The van der Waals surface area contributed by atoms with E-state index in [1.807, 2.05) is 30.3 Å². The zero-order valence-electron chi connectivity index (χ0n) is 13.5. The number of nitrogens with one attached hydrogen (secondary N) is 1. The van der Waals surface area contributed by atoms with Gasteiger partial charge in [-0.25, -0.2) is 5.43 Å². The van der Waals surface area contributed by atoms with Crippen molar-refractivity contribution in [2.24, 2.45) is 5.10 Å². The second-order valence-corrected chi connectivity index (χ2v) is 5.60. The smallest absolute Gasteiger partial charge is 0.290 e. The van der Waals surface area contributed by atoms with Crippen LogP contribution in [-0.4, -0.2) is 17.1 Å². The molecular weight excluding hydrogens is 330 g/mol. The van der Waals surface area contributed by atoms with Crippen LogP contribution >= 0.6 is 0 Å². The van der Waals surface area contributed by atoms with Crippen LogP contribution in [0.1, 0.15) is 16.1 Å². The van der Waals surface area contributed by atoms with Crippen LogP contribution < -0.4 is 10.9 Å². The monoisotopic (exact) mass is 343 g/mol. The maximum absolute atomic E-state index is 12.4. The van der Waals surface area contributed by atoms with Gasteiger partial charge in [0.05, 0.1) is 17.2 Å². The van der Waals surface area contributed by atoms with Crippen molar-refractivity contribution >= 4 is 33.9 Å². The van der Waals surface area contributed by atoms with E-state index in [9.17, 15) is 9.59 Å².